The fourth-order valence-corrected chi connectivity index (χ4v) is 3.14. The van der Waals surface area contributed by atoms with E-state index in [4.69, 9.17) is 9.84 Å². The van der Waals surface area contributed by atoms with Gasteiger partial charge < -0.3 is 9.84 Å². The molecule has 0 bridgehead atoms. The van der Waals surface area contributed by atoms with Crippen molar-refractivity contribution in [3.63, 3.8) is 0 Å². The molecule has 28 heavy (non-hydrogen) atoms. The van der Waals surface area contributed by atoms with Gasteiger partial charge in [0.2, 0.25) is 0 Å². The van der Waals surface area contributed by atoms with E-state index in [1.54, 1.807) is 6.08 Å². The molecule has 0 saturated carbocycles. The monoisotopic (exact) mass is 384 g/mol. The van der Waals surface area contributed by atoms with Gasteiger partial charge in [-0.3, -0.25) is 0 Å². The molecule has 0 amide bonds. The summed E-state index contributed by atoms with van der Waals surface area (Å²) < 4.78 is 4.89. The molecule has 0 fully saturated rings. The van der Waals surface area contributed by atoms with Crippen molar-refractivity contribution in [1.82, 2.24) is 0 Å². The van der Waals surface area contributed by atoms with Gasteiger partial charge in [-0.1, -0.05) is 60.9 Å². The molecule has 0 atom stereocenters. The zero-order chi connectivity index (χ0) is 21.2. The van der Waals surface area contributed by atoms with Crippen molar-refractivity contribution in [2.75, 3.05) is 6.61 Å². The van der Waals surface area contributed by atoms with Gasteiger partial charge in [0.25, 0.3) is 0 Å². The molecule has 152 valence electrons. The van der Waals surface area contributed by atoms with Gasteiger partial charge in [-0.2, -0.15) is 0 Å². The Morgan fingerprint density at radius 2 is 1.82 bits per heavy atom. The van der Waals surface area contributed by atoms with E-state index in [2.05, 4.69) is 39.8 Å². The molecule has 1 N–H and O–H groups in total. The molecule has 1 rings (SSSR count). The van der Waals surface area contributed by atoms with E-state index in [0.29, 0.717) is 0 Å². The maximum Gasteiger partial charge on any atom is 0.331 e. The molecule has 0 aliphatic heterocycles. The van der Waals surface area contributed by atoms with Crippen LogP contribution in [-0.2, 0) is 14.3 Å². The standard InChI is InChI=1S/C24H32O4/c1-18(11-12-21-20(3)10-7-16-24(21,4)5)8-6-9-19(2)15-17-28-23(27)14-13-22(25)26/h6,8-9,11-15H,7,10,16-17H2,1-5H3,(H,25,26)/b9-6?,12-11?,14-13+,18-8?,19-15?. The van der Waals surface area contributed by atoms with Gasteiger partial charge in [-0.25, -0.2) is 9.59 Å². The summed E-state index contributed by atoms with van der Waals surface area (Å²) in [5.41, 5.74) is 5.30. The Morgan fingerprint density at radius 3 is 2.46 bits per heavy atom. The molecule has 1 aliphatic carbocycles. The van der Waals surface area contributed by atoms with E-state index < -0.39 is 11.9 Å². The van der Waals surface area contributed by atoms with Crippen molar-refractivity contribution in [2.24, 2.45) is 5.41 Å². The quantitative estimate of drug-likeness (QED) is 0.331. The lowest BCUT2D eigenvalue weighted by atomic mass is 9.72. The summed E-state index contributed by atoms with van der Waals surface area (Å²) in [6.45, 7) is 10.9. The van der Waals surface area contributed by atoms with Crippen LogP contribution in [0.15, 0.2) is 70.9 Å². The lowest BCUT2D eigenvalue weighted by Gasteiger charge is -2.32. The maximum absolute atomic E-state index is 11.3. The number of ether oxygens (including phenoxy) is 1. The molecule has 0 spiro atoms. The smallest absolute Gasteiger partial charge is 0.331 e. The zero-order valence-corrected chi connectivity index (χ0v) is 17.6. The summed E-state index contributed by atoms with van der Waals surface area (Å²) in [6, 6.07) is 0. The van der Waals surface area contributed by atoms with Crippen LogP contribution in [0.3, 0.4) is 0 Å². The number of hydrogen-bond acceptors (Lipinski definition) is 3. The Kier molecular flexibility index (Phi) is 9.43. The number of esters is 1. The van der Waals surface area contributed by atoms with Crippen LogP contribution in [0.4, 0.5) is 0 Å². The van der Waals surface area contributed by atoms with Gasteiger partial charge in [0, 0.05) is 12.2 Å². The Labute approximate surface area is 168 Å². The first-order valence-electron chi connectivity index (χ1n) is 9.59. The van der Waals surface area contributed by atoms with Crippen molar-refractivity contribution in [1.29, 1.82) is 0 Å². The first-order valence-corrected chi connectivity index (χ1v) is 9.59. The topological polar surface area (TPSA) is 63.6 Å². The highest BCUT2D eigenvalue weighted by Crippen LogP contribution is 2.40. The van der Waals surface area contributed by atoms with Crippen LogP contribution in [0.1, 0.15) is 53.9 Å². The molecule has 0 unspecified atom stereocenters. The highest BCUT2D eigenvalue weighted by atomic mass is 16.5. The molecular weight excluding hydrogens is 352 g/mol. The second-order valence-corrected chi connectivity index (χ2v) is 7.78. The Bertz CT molecular complexity index is 755. The van der Waals surface area contributed by atoms with E-state index >= 15 is 0 Å². The van der Waals surface area contributed by atoms with Crippen molar-refractivity contribution in [3.05, 3.63) is 70.9 Å². The number of hydrogen-bond donors (Lipinski definition) is 1. The van der Waals surface area contributed by atoms with Gasteiger partial charge >= 0.3 is 11.9 Å². The largest absolute Gasteiger partial charge is 0.478 e. The minimum atomic E-state index is -1.18. The first kappa shape index (κ1) is 23.4. The number of carbonyl (C=O) groups excluding carboxylic acids is 1. The molecule has 0 aromatic heterocycles. The van der Waals surface area contributed by atoms with Crippen molar-refractivity contribution >= 4 is 11.9 Å². The number of carboxylic acids is 1. The summed E-state index contributed by atoms with van der Waals surface area (Å²) in [5, 5.41) is 8.44. The minimum absolute atomic E-state index is 0.101. The summed E-state index contributed by atoms with van der Waals surface area (Å²) in [6.07, 6.45) is 17.5. The molecule has 4 heteroatoms. The van der Waals surface area contributed by atoms with Crippen molar-refractivity contribution < 1.29 is 19.4 Å². The van der Waals surface area contributed by atoms with E-state index in [-0.39, 0.29) is 12.0 Å². The molecule has 0 saturated heterocycles. The predicted molar refractivity (Wildman–Crippen MR) is 114 cm³/mol. The Hall–Kier alpha value is -2.62. The van der Waals surface area contributed by atoms with Gasteiger partial charge in [-0.15, -0.1) is 0 Å². The molecule has 1 aliphatic rings. The van der Waals surface area contributed by atoms with Gasteiger partial charge in [0.05, 0.1) is 0 Å². The first-order chi connectivity index (χ1) is 13.1. The van der Waals surface area contributed by atoms with Crippen LogP contribution in [0.2, 0.25) is 0 Å². The fraction of sp³-hybridized carbons (Fsp3) is 0.417. The van der Waals surface area contributed by atoms with Crippen LogP contribution in [-0.4, -0.2) is 23.7 Å². The van der Waals surface area contributed by atoms with E-state index in [0.717, 1.165) is 23.3 Å². The summed E-state index contributed by atoms with van der Waals surface area (Å²) >= 11 is 0. The van der Waals surface area contributed by atoms with Gasteiger partial charge in [-0.05, 0) is 57.1 Å². The van der Waals surface area contributed by atoms with E-state index in [9.17, 15) is 9.59 Å². The van der Waals surface area contributed by atoms with Gasteiger partial charge in [0.1, 0.15) is 6.61 Å². The second-order valence-electron chi connectivity index (χ2n) is 7.78. The molecule has 4 nitrogen and oxygen atoms in total. The average molecular weight is 385 g/mol. The number of carbonyl (C=O) groups is 2. The van der Waals surface area contributed by atoms with Crippen LogP contribution in [0.5, 0.6) is 0 Å². The number of rotatable bonds is 8. The predicted octanol–water partition coefficient (Wildman–Crippen LogP) is 5.70. The molecule has 0 aromatic carbocycles. The van der Waals surface area contributed by atoms with Crippen LogP contribution >= 0.6 is 0 Å². The summed E-state index contributed by atoms with van der Waals surface area (Å²) in [7, 11) is 0. The van der Waals surface area contributed by atoms with E-state index in [1.807, 2.05) is 25.2 Å². The SMILES string of the molecule is CC(C=CC1=C(C)CCCC1(C)C)=CC=CC(C)=CCOC(=O)/C=C/C(=O)O. The average Bonchev–Trinajstić information content (AvgIpc) is 2.59. The van der Waals surface area contributed by atoms with Crippen LogP contribution < -0.4 is 0 Å². The van der Waals surface area contributed by atoms with Crippen LogP contribution in [0, 0.1) is 5.41 Å². The molecule has 0 radical (unpaired) electrons. The van der Waals surface area contributed by atoms with Crippen molar-refractivity contribution in [2.45, 2.75) is 53.9 Å². The van der Waals surface area contributed by atoms with E-state index in [1.165, 1.54) is 30.4 Å². The summed E-state index contributed by atoms with van der Waals surface area (Å²) in [4.78, 5) is 21.6. The molecule has 0 heterocycles. The highest BCUT2D eigenvalue weighted by molar-refractivity contribution is 5.90. The highest BCUT2D eigenvalue weighted by Gasteiger charge is 2.26. The maximum atomic E-state index is 11.3. The summed E-state index contributed by atoms with van der Waals surface area (Å²) in [5.74, 6) is -1.85. The number of allylic oxidation sites excluding steroid dienone is 9. The number of carboxylic acid groups (broad SMARTS) is 1. The third-order valence-corrected chi connectivity index (χ3v) is 4.77. The zero-order valence-electron chi connectivity index (χ0n) is 17.6. The molecular formula is C24H32O4. The lowest BCUT2D eigenvalue weighted by Crippen LogP contribution is -2.19. The lowest BCUT2D eigenvalue weighted by molar-refractivity contribution is -0.137. The number of aliphatic carboxylic acids is 1. The minimum Gasteiger partial charge on any atom is -0.478 e. The van der Waals surface area contributed by atoms with Crippen LogP contribution in [0.25, 0.3) is 0 Å². The van der Waals surface area contributed by atoms with Crippen molar-refractivity contribution in [3.8, 4) is 0 Å². The third-order valence-electron chi connectivity index (χ3n) is 4.77. The molecule has 0 aromatic rings. The Morgan fingerprint density at radius 1 is 1.11 bits per heavy atom. The normalized spacial score (nSPS) is 18.5. The fourth-order valence-electron chi connectivity index (χ4n) is 3.14. The van der Waals surface area contributed by atoms with Gasteiger partial charge in [0.15, 0.2) is 0 Å². The Balaban J connectivity index is 2.58. The second kappa shape index (κ2) is 11.3. The third kappa shape index (κ3) is 8.85.